The zero-order valence-corrected chi connectivity index (χ0v) is 9.89. The van der Waals surface area contributed by atoms with E-state index >= 15 is 0 Å². The molecule has 0 saturated carbocycles. The monoisotopic (exact) mass is 314 g/mol. The topological polar surface area (TPSA) is 48.2 Å². The largest absolute Gasteiger partial charge is 0.372 e. The van der Waals surface area contributed by atoms with Crippen LogP contribution in [-0.2, 0) is 18.0 Å². The standard InChI is InChI=1S/C10H7IN2O2/c11-10-12-9(15-13-10)6-1-2-7-4-14-5-8(7)3-6/h1-3H,4-5H2. The van der Waals surface area contributed by atoms with E-state index in [9.17, 15) is 0 Å². The molecule has 4 nitrogen and oxygen atoms in total. The van der Waals surface area contributed by atoms with E-state index in [-0.39, 0.29) is 0 Å². The molecule has 1 aromatic carbocycles. The van der Waals surface area contributed by atoms with Gasteiger partial charge in [-0.25, -0.2) is 0 Å². The lowest BCUT2D eigenvalue weighted by atomic mass is 10.1. The molecule has 2 aromatic rings. The summed E-state index contributed by atoms with van der Waals surface area (Å²) in [5, 5.41) is 3.76. The number of aromatic nitrogens is 2. The summed E-state index contributed by atoms with van der Waals surface area (Å²) in [4.78, 5) is 4.17. The maximum absolute atomic E-state index is 5.34. The molecule has 0 spiro atoms. The molecule has 0 radical (unpaired) electrons. The first-order chi connectivity index (χ1) is 7.33. The Kier molecular flexibility index (Phi) is 2.21. The van der Waals surface area contributed by atoms with Gasteiger partial charge in [-0.15, -0.1) is 0 Å². The van der Waals surface area contributed by atoms with Crippen LogP contribution in [0.5, 0.6) is 0 Å². The van der Waals surface area contributed by atoms with Gasteiger partial charge in [-0.3, -0.25) is 0 Å². The second-order valence-electron chi connectivity index (χ2n) is 3.34. The van der Waals surface area contributed by atoms with Crippen molar-refractivity contribution in [1.29, 1.82) is 0 Å². The van der Waals surface area contributed by atoms with Crippen molar-refractivity contribution in [2.24, 2.45) is 0 Å². The third kappa shape index (κ3) is 1.65. The quantitative estimate of drug-likeness (QED) is 0.758. The SMILES string of the molecule is Ic1noc(-c2ccc3c(c2)COC3)n1. The summed E-state index contributed by atoms with van der Waals surface area (Å²) >= 11 is 2.02. The number of rotatable bonds is 1. The molecule has 5 heteroatoms. The van der Waals surface area contributed by atoms with Crippen LogP contribution in [0.1, 0.15) is 11.1 Å². The van der Waals surface area contributed by atoms with Crippen molar-refractivity contribution >= 4 is 22.6 Å². The summed E-state index contributed by atoms with van der Waals surface area (Å²) in [6.45, 7) is 1.38. The van der Waals surface area contributed by atoms with Crippen LogP contribution < -0.4 is 0 Å². The van der Waals surface area contributed by atoms with Gasteiger partial charge in [0.25, 0.3) is 5.89 Å². The maximum atomic E-state index is 5.34. The minimum atomic E-state index is 0.564. The van der Waals surface area contributed by atoms with E-state index < -0.39 is 0 Å². The molecular weight excluding hydrogens is 307 g/mol. The van der Waals surface area contributed by atoms with Crippen molar-refractivity contribution < 1.29 is 9.26 Å². The van der Waals surface area contributed by atoms with Gasteiger partial charge in [0.15, 0.2) is 0 Å². The Hall–Kier alpha value is -0.950. The molecule has 0 N–H and O–H groups in total. The number of fused-ring (bicyclic) bond motifs is 1. The smallest absolute Gasteiger partial charge is 0.258 e. The highest BCUT2D eigenvalue weighted by Crippen LogP contribution is 2.25. The van der Waals surface area contributed by atoms with Crippen LogP contribution in [-0.4, -0.2) is 10.1 Å². The molecule has 3 rings (SSSR count). The van der Waals surface area contributed by atoms with Gasteiger partial charge in [0.05, 0.1) is 13.2 Å². The number of ether oxygens (including phenoxy) is 1. The maximum Gasteiger partial charge on any atom is 0.258 e. The van der Waals surface area contributed by atoms with Crippen LogP contribution in [0.2, 0.25) is 0 Å². The Morgan fingerprint density at radius 3 is 2.87 bits per heavy atom. The van der Waals surface area contributed by atoms with Crippen LogP contribution >= 0.6 is 22.6 Å². The Labute approximate surface area is 99.8 Å². The molecule has 0 fully saturated rings. The normalized spacial score (nSPS) is 14.2. The first-order valence-corrected chi connectivity index (χ1v) is 5.60. The van der Waals surface area contributed by atoms with Crippen LogP contribution in [0.25, 0.3) is 11.5 Å². The molecule has 0 atom stereocenters. The van der Waals surface area contributed by atoms with Gasteiger partial charge in [-0.05, 0) is 23.3 Å². The third-order valence-electron chi connectivity index (χ3n) is 2.37. The summed E-state index contributed by atoms with van der Waals surface area (Å²) in [6.07, 6.45) is 0. The average Bonchev–Trinajstić information content (AvgIpc) is 2.84. The van der Waals surface area contributed by atoms with E-state index in [0.29, 0.717) is 22.9 Å². The fourth-order valence-electron chi connectivity index (χ4n) is 1.63. The van der Waals surface area contributed by atoms with Gasteiger partial charge in [0.2, 0.25) is 3.83 Å². The summed E-state index contributed by atoms with van der Waals surface area (Å²) in [7, 11) is 0. The lowest BCUT2D eigenvalue weighted by Gasteiger charge is -1.98. The average molecular weight is 314 g/mol. The molecule has 76 valence electrons. The Morgan fingerprint density at radius 2 is 2.07 bits per heavy atom. The Balaban J connectivity index is 2.06. The Morgan fingerprint density at radius 1 is 1.20 bits per heavy atom. The second-order valence-corrected chi connectivity index (χ2v) is 4.31. The lowest BCUT2D eigenvalue weighted by Crippen LogP contribution is -1.84. The van der Waals surface area contributed by atoms with E-state index in [0.717, 1.165) is 5.56 Å². The lowest BCUT2D eigenvalue weighted by molar-refractivity contribution is 0.134. The number of halogens is 1. The van der Waals surface area contributed by atoms with Crippen molar-refractivity contribution in [2.45, 2.75) is 13.2 Å². The van der Waals surface area contributed by atoms with Gasteiger partial charge in [0, 0.05) is 28.2 Å². The molecule has 0 saturated heterocycles. The summed E-state index contributed by atoms with van der Waals surface area (Å²) in [5.41, 5.74) is 3.41. The molecule has 0 unspecified atom stereocenters. The molecule has 2 heterocycles. The van der Waals surface area contributed by atoms with E-state index in [1.54, 1.807) is 0 Å². The fourth-order valence-corrected chi connectivity index (χ4v) is 1.95. The van der Waals surface area contributed by atoms with Crippen molar-refractivity contribution in [3.05, 3.63) is 33.2 Å². The van der Waals surface area contributed by atoms with Gasteiger partial charge >= 0.3 is 0 Å². The van der Waals surface area contributed by atoms with Crippen molar-refractivity contribution in [3.63, 3.8) is 0 Å². The van der Waals surface area contributed by atoms with Crippen LogP contribution in [0.3, 0.4) is 0 Å². The van der Waals surface area contributed by atoms with Crippen LogP contribution in [0, 0.1) is 3.83 Å². The highest BCUT2D eigenvalue weighted by molar-refractivity contribution is 14.1. The molecule has 0 aliphatic carbocycles. The van der Waals surface area contributed by atoms with Gasteiger partial charge in [0.1, 0.15) is 0 Å². The molecule has 1 aliphatic heterocycles. The van der Waals surface area contributed by atoms with Crippen LogP contribution in [0.15, 0.2) is 22.7 Å². The first kappa shape index (κ1) is 9.29. The number of hydrogen-bond acceptors (Lipinski definition) is 4. The Bertz CT molecular complexity index is 510. The van der Waals surface area contributed by atoms with Gasteiger partial charge in [-0.2, -0.15) is 4.98 Å². The van der Waals surface area contributed by atoms with Gasteiger partial charge in [-0.1, -0.05) is 11.2 Å². The minimum Gasteiger partial charge on any atom is -0.372 e. The van der Waals surface area contributed by atoms with Crippen molar-refractivity contribution in [3.8, 4) is 11.5 Å². The highest BCUT2D eigenvalue weighted by atomic mass is 127. The molecule has 15 heavy (non-hydrogen) atoms. The second kappa shape index (κ2) is 3.57. The van der Waals surface area contributed by atoms with E-state index in [2.05, 4.69) is 16.2 Å². The minimum absolute atomic E-state index is 0.564. The summed E-state index contributed by atoms with van der Waals surface area (Å²) in [5.74, 6) is 0.564. The zero-order valence-electron chi connectivity index (χ0n) is 7.74. The van der Waals surface area contributed by atoms with Crippen molar-refractivity contribution in [1.82, 2.24) is 10.1 Å². The zero-order chi connectivity index (χ0) is 10.3. The molecule has 1 aliphatic rings. The third-order valence-corrected chi connectivity index (χ3v) is 2.81. The molecule has 1 aromatic heterocycles. The number of nitrogens with zero attached hydrogens (tertiary/aromatic N) is 2. The van der Waals surface area contributed by atoms with Crippen LogP contribution in [0.4, 0.5) is 0 Å². The first-order valence-electron chi connectivity index (χ1n) is 4.52. The molecule has 0 amide bonds. The van der Waals surface area contributed by atoms with E-state index in [1.807, 2.05) is 34.7 Å². The predicted molar refractivity (Wildman–Crippen MR) is 60.9 cm³/mol. The number of benzene rings is 1. The van der Waals surface area contributed by atoms with Crippen molar-refractivity contribution in [2.75, 3.05) is 0 Å². The van der Waals surface area contributed by atoms with E-state index in [1.165, 1.54) is 11.1 Å². The highest BCUT2D eigenvalue weighted by Gasteiger charge is 2.14. The number of hydrogen-bond donors (Lipinski definition) is 0. The fraction of sp³-hybridized carbons (Fsp3) is 0.200. The predicted octanol–water partition coefficient (Wildman–Crippen LogP) is 2.37. The van der Waals surface area contributed by atoms with E-state index in [4.69, 9.17) is 9.26 Å². The van der Waals surface area contributed by atoms with Gasteiger partial charge < -0.3 is 9.26 Å². The summed E-state index contributed by atoms with van der Waals surface area (Å²) in [6, 6.07) is 6.08. The molecular formula is C10H7IN2O2. The summed E-state index contributed by atoms with van der Waals surface area (Å²) < 4.78 is 11.1. The molecule has 0 bridgehead atoms.